The number of carboxylic acids is 1. The van der Waals surface area contributed by atoms with Crippen LogP contribution >= 0.6 is 0 Å². The molecule has 0 spiro atoms. The fourth-order valence-electron chi connectivity index (χ4n) is 20.4. The standard InChI is InChI=1S/C70H116O29/c1-33-57(87-8)61(89-10)59(94-30-45-54(81)60(88-9)58(34(2)97-45)93-29-42-51(78)48(75)35(27-92-42)26-90-28-43-52(79)55(82)49(76)40(24-71)98-43)39(96-33)12-11-21-91-64(86)69-18-17-65(3,4)22-37(69)36-13-14-46-66(5)23-38(74)62(95-31-44-53(80)56(83)50(77)41(25-72)99-44)68(7,63(84)85)47(66)15-16-67(46,6)70(36,32-73)20-19-69/h13,33-35,37-62,71-83H,11-12,14-32H2,1-10H3,(H,84,85)/t33?,34?,35-,37?,38?,39-,40?,41?,42-,43-,44-,45-,46?,47?,48?,49-,50-,51?,52?,53?,54?,55?,56?,57-,58-,59?,60?,61?,62?,66?,67?,68?,69?,70?/m0/s1. The van der Waals surface area contributed by atoms with E-state index in [1.165, 1.54) is 7.11 Å². The van der Waals surface area contributed by atoms with Crippen LogP contribution in [-0.2, 0) is 71.2 Å². The number of hydrogen-bond donors (Lipinski definition) is 14. The minimum atomic E-state index is -1.66. The molecule has 0 amide bonds. The molecule has 10 aliphatic rings. The highest BCUT2D eigenvalue weighted by molar-refractivity contribution is 5.79. The van der Waals surface area contributed by atoms with E-state index in [0.717, 1.165) is 12.0 Å². The topological polar surface area (TPSA) is 437 Å². The predicted octanol–water partition coefficient (Wildman–Crippen LogP) is -1.31. The van der Waals surface area contributed by atoms with E-state index in [1.807, 2.05) is 6.92 Å². The van der Waals surface area contributed by atoms with Gasteiger partial charge in [0, 0.05) is 32.7 Å². The minimum absolute atomic E-state index is 0.0502. The molecule has 0 bridgehead atoms. The van der Waals surface area contributed by atoms with Gasteiger partial charge in [-0.1, -0.05) is 39.3 Å². The lowest BCUT2D eigenvalue weighted by molar-refractivity contribution is -0.278. The third-order valence-electron chi connectivity index (χ3n) is 26.2. The van der Waals surface area contributed by atoms with Crippen molar-refractivity contribution in [3.05, 3.63) is 11.6 Å². The molecule has 0 aromatic rings. The number of ether oxygens (including phenoxy) is 13. The predicted molar refractivity (Wildman–Crippen MR) is 344 cm³/mol. The number of carbonyl (C=O) groups excluding carboxylic acids is 1. The van der Waals surface area contributed by atoms with Gasteiger partial charge in [0.15, 0.2) is 0 Å². The molecule has 34 atom stereocenters. The van der Waals surface area contributed by atoms with Crippen LogP contribution in [0.3, 0.4) is 0 Å². The fraction of sp³-hybridized carbons (Fsp3) is 0.943. The lowest BCUT2D eigenvalue weighted by Gasteiger charge is -2.71. The van der Waals surface area contributed by atoms with Crippen LogP contribution in [0.25, 0.3) is 0 Å². The van der Waals surface area contributed by atoms with E-state index in [9.17, 15) is 76.3 Å². The molecule has 0 radical (unpaired) electrons. The van der Waals surface area contributed by atoms with Gasteiger partial charge >= 0.3 is 11.9 Å². The maximum Gasteiger partial charge on any atom is 0.312 e. The normalized spacial score (nSPS) is 49.8. The number of allylic oxidation sites excluding steroid dienone is 1. The molecule has 99 heavy (non-hydrogen) atoms. The SMILES string of the molecule is COC1C(O)[C@H](COC2C(OC)[C@@H](OC)C(C)O[C@H]2CCCOC(=O)C23CCC(C)(C)CC2C2=CCC4C5(C)CC(O)C(OC[C@@H]6OC(CO)[C@H](O)C(O)C6O)C(C)(C(=O)O)C5CCC4(C)C2(CO)CC3)OC(C)[C@@H]1OC[C@@H]1OC[C@H](COC[C@@H]2OC(CO)[C@H](O)C(O)C2O)C(O)C1O. The Morgan fingerprint density at radius 1 is 0.556 bits per heavy atom. The van der Waals surface area contributed by atoms with Crippen molar-refractivity contribution in [1.29, 1.82) is 0 Å². The summed E-state index contributed by atoms with van der Waals surface area (Å²) in [5, 5.41) is 151. The Morgan fingerprint density at radius 2 is 1.11 bits per heavy atom. The first-order valence-electron chi connectivity index (χ1n) is 35.8. The summed E-state index contributed by atoms with van der Waals surface area (Å²) in [4.78, 5) is 29.0. The summed E-state index contributed by atoms with van der Waals surface area (Å²) in [5.74, 6) is -3.16. The van der Waals surface area contributed by atoms with E-state index in [1.54, 1.807) is 28.1 Å². The third kappa shape index (κ3) is 14.4. The molecule has 5 saturated heterocycles. The van der Waals surface area contributed by atoms with Gasteiger partial charge in [0.05, 0.1) is 114 Å². The molecule has 0 aromatic carbocycles. The molecule has 570 valence electrons. The van der Waals surface area contributed by atoms with Crippen molar-refractivity contribution in [3.63, 3.8) is 0 Å². The lowest BCUT2D eigenvalue weighted by Crippen LogP contribution is -2.70. The molecule has 29 nitrogen and oxygen atoms in total. The highest BCUT2D eigenvalue weighted by atomic mass is 16.6. The van der Waals surface area contributed by atoms with Crippen LogP contribution < -0.4 is 0 Å². The third-order valence-corrected chi connectivity index (χ3v) is 26.2. The van der Waals surface area contributed by atoms with Crippen LogP contribution in [0, 0.1) is 56.2 Å². The summed E-state index contributed by atoms with van der Waals surface area (Å²) in [6, 6.07) is 0. The molecule has 24 unspecified atom stereocenters. The van der Waals surface area contributed by atoms with Gasteiger partial charge in [-0.15, -0.1) is 0 Å². The fourth-order valence-corrected chi connectivity index (χ4v) is 20.4. The smallest absolute Gasteiger partial charge is 0.312 e. The van der Waals surface area contributed by atoms with Gasteiger partial charge in [-0.25, -0.2) is 0 Å². The molecule has 5 aliphatic carbocycles. The van der Waals surface area contributed by atoms with E-state index in [-0.39, 0.29) is 75.9 Å². The molecule has 0 aromatic heterocycles. The van der Waals surface area contributed by atoms with Crippen LogP contribution in [0.15, 0.2) is 11.6 Å². The Bertz CT molecular complexity index is 2710. The second kappa shape index (κ2) is 31.6. The number of aliphatic hydroxyl groups is 13. The first-order chi connectivity index (χ1) is 46.8. The number of carbonyl (C=O) groups is 2. The first-order valence-corrected chi connectivity index (χ1v) is 35.8. The van der Waals surface area contributed by atoms with Crippen molar-refractivity contribution in [3.8, 4) is 0 Å². The van der Waals surface area contributed by atoms with Gasteiger partial charge in [0.2, 0.25) is 0 Å². The summed E-state index contributed by atoms with van der Waals surface area (Å²) < 4.78 is 79.3. The second-order valence-electron chi connectivity index (χ2n) is 32.0. The zero-order valence-electron chi connectivity index (χ0n) is 59.1. The minimum Gasteiger partial charge on any atom is -0.481 e. The quantitative estimate of drug-likeness (QED) is 0.0287. The van der Waals surface area contributed by atoms with Crippen molar-refractivity contribution < 1.29 is 143 Å². The maximum atomic E-state index is 15.2. The molecule has 10 rings (SSSR count). The summed E-state index contributed by atoms with van der Waals surface area (Å²) in [5.41, 5.74) is -3.82. The van der Waals surface area contributed by atoms with Crippen molar-refractivity contribution >= 4 is 11.9 Å². The molecular formula is C70H116O29. The number of methoxy groups -OCH3 is 3. The van der Waals surface area contributed by atoms with Gasteiger partial charge < -0.3 is 133 Å². The van der Waals surface area contributed by atoms with Gasteiger partial charge in [-0.3, -0.25) is 9.59 Å². The van der Waals surface area contributed by atoms with Gasteiger partial charge in [0.25, 0.3) is 0 Å². The van der Waals surface area contributed by atoms with Crippen molar-refractivity contribution in [1.82, 2.24) is 0 Å². The van der Waals surface area contributed by atoms with Crippen molar-refractivity contribution in [2.24, 2.45) is 56.2 Å². The summed E-state index contributed by atoms with van der Waals surface area (Å²) >= 11 is 0. The number of esters is 1. The summed E-state index contributed by atoms with van der Waals surface area (Å²) in [7, 11) is 4.54. The number of carboxylic acid groups (broad SMARTS) is 1. The molecule has 9 fully saturated rings. The summed E-state index contributed by atoms with van der Waals surface area (Å²) in [6.45, 7) is 11.3. The lowest BCUT2D eigenvalue weighted by atomic mass is 9.33. The molecule has 4 saturated carbocycles. The Hall–Kier alpha value is -2.32. The van der Waals surface area contributed by atoms with E-state index in [4.69, 9.17) is 61.6 Å². The zero-order valence-corrected chi connectivity index (χ0v) is 59.1. The van der Waals surface area contributed by atoms with Crippen molar-refractivity contribution in [2.75, 3.05) is 87.4 Å². The number of rotatable bonds is 25. The molecule has 29 heteroatoms. The molecular weight excluding hydrogens is 1300 g/mol. The van der Waals surface area contributed by atoms with Crippen molar-refractivity contribution in [2.45, 2.75) is 272 Å². The van der Waals surface area contributed by atoms with Crippen LogP contribution in [0.5, 0.6) is 0 Å². The average molecular weight is 1420 g/mol. The Labute approximate surface area is 579 Å². The highest BCUT2D eigenvalue weighted by Crippen LogP contribution is 2.76. The molecule has 5 aliphatic heterocycles. The molecule has 14 N–H and O–H groups in total. The van der Waals surface area contributed by atoms with Crippen LogP contribution in [0.2, 0.25) is 0 Å². The largest absolute Gasteiger partial charge is 0.481 e. The Kier molecular flexibility index (Phi) is 25.3. The monoisotopic (exact) mass is 1420 g/mol. The maximum absolute atomic E-state index is 15.2. The number of aliphatic carboxylic acids is 1. The second-order valence-corrected chi connectivity index (χ2v) is 32.0. The number of fused-ring (bicyclic) bond motifs is 7. The number of aliphatic hydroxyl groups excluding tert-OH is 13. The highest BCUT2D eigenvalue weighted by Gasteiger charge is 2.73. The van der Waals surface area contributed by atoms with Crippen LogP contribution in [0.4, 0.5) is 0 Å². The Balaban J connectivity index is 0.763. The number of hydrogen-bond acceptors (Lipinski definition) is 28. The van der Waals surface area contributed by atoms with Crippen LogP contribution in [-0.4, -0.2) is 323 Å². The van der Waals surface area contributed by atoms with E-state index >= 15 is 4.79 Å². The Morgan fingerprint density at radius 3 is 1.73 bits per heavy atom. The van der Waals surface area contributed by atoms with E-state index in [0.29, 0.717) is 57.8 Å². The average Bonchev–Trinajstić information content (AvgIpc) is 0.668. The summed E-state index contributed by atoms with van der Waals surface area (Å²) in [6.07, 6.45) is -20.5. The van der Waals surface area contributed by atoms with E-state index in [2.05, 4.69) is 33.8 Å². The van der Waals surface area contributed by atoms with E-state index < -0.39 is 217 Å². The van der Waals surface area contributed by atoms with Gasteiger partial charge in [-0.2, -0.15) is 0 Å². The van der Waals surface area contributed by atoms with Crippen LogP contribution in [0.1, 0.15) is 119 Å². The van der Waals surface area contributed by atoms with Gasteiger partial charge in [-0.05, 0) is 125 Å². The van der Waals surface area contributed by atoms with Gasteiger partial charge in [0.1, 0.15) is 116 Å². The first kappa shape index (κ1) is 79.2. The zero-order chi connectivity index (χ0) is 72.2. The molecule has 5 heterocycles.